The van der Waals surface area contributed by atoms with E-state index in [-0.39, 0.29) is 34.9 Å². The van der Waals surface area contributed by atoms with Gasteiger partial charge in [0.05, 0.1) is 29.2 Å². The molecule has 0 unspecified atom stereocenters. The van der Waals surface area contributed by atoms with Crippen LogP contribution >= 0.6 is 11.6 Å². The van der Waals surface area contributed by atoms with Crippen molar-refractivity contribution in [2.45, 2.75) is 10.9 Å². The minimum absolute atomic E-state index is 0.0617. The Morgan fingerprint density at radius 2 is 2.11 bits per heavy atom. The van der Waals surface area contributed by atoms with E-state index in [2.05, 4.69) is 4.72 Å². The maximum absolute atomic E-state index is 12.0. The van der Waals surface area contributed by atoms with E-state index in [1.165, 1.54) is 6.07 Å². The van der Waals surface area contributed by atoms with Crippen LogP contribution in [0.1, 0.15) is 0 Å². The molecule has 1 saturated heterocycles. The second-order valence-corrected chi connectivity index (χ2v) is 5.82. The summed E-state index contributed by atoms with van der Waals surface area (Å²) in [6, 6.07) is 2.95. The lowest BCUT2D eigenvalue weighted by Crippen LogP contribution is -2.48. The first-order valence-electron chi connectivity index (χ1n) is 4.94. The molecule has 0 atom stereocenters. The number of nitrogens with zero attached hydrogens (tertiary/aromatic N) is 1. The molecule has 1 aliphatic heterocycles. The summed E-state index contributed by atoms with van der Waals surface area (Å²) in [5, 5.41) is 10.5. The Morgan fingerprint density at radius 1 is 1.44 bits per heavy atom. The molecular weight excluding hydrogens is 284 g/mol. The third-order valence-electron chi connectivity index (χ3n) is 2.38. The van der Waals surface area contributed by atoms with Crippen molar-refractivity contribution in [3.8, 4) is 0 Å². The van der Waals surface area contributed by atoms with Crippen LogP contribution in [-0.2, 0) is 14.8 Å². The van der Waals surface area contributed by atoms with Crippen LogP contribution in [0, 0.1) is 10.1 Å². The average Bonchev–Trinajstić information content (AvgIpc) is 2.24. The first-order chi connectivity index (χ1) is 8.40. The van der Waals surface area contributed by atoms with Gasteiger partial charge in [-0.15, -0.1) is 0 Å². The maximum Gasteiger partial charge on any atom is 0.270 e. The molecule has 7 nitrogen and oxygen atoms in total. The number of hydrogen-bond donors (Lipinski definition) is 1. The van der Waals surface area contributed by atoms with Gasteiger partial charge >= 0.3 is 0 Å². The average molecular weight is 293 g/mol. The van der Waals surface area contributed by atoms with Crippen molar-refractivity contribution in [2.75, 3.05) is 13.2 Å². The molecule has 0 radical (unpaired) electrons. The zero-order valence-corrected chi connectivity index (χ0v) is 10.6. The van der Waals surface area contributed by atoms with E-state index < -0.39 is 14.9 Å². The van der Waals surface area contributed by atoms with Crippen molar-refractivity contribution >= 4 is 27.3 Å². The highest BCUT2D eigenvalue weighted by atomic mass is 35.5. The van der Waals surface area contributed by atoms with Crippen LogP contribution in [-0.4, -0.2) is 32.6 Å². The van der Waals surface area contributed by atoms with Crippen molar-refractivity contribution in [2.24, 2.45) is 0 Å². The number of sulfonamides is 1. The van der Waals surface area contributed by atoms with Gasteiger partial charge in [-0.05, 0) is 6.07 Å². The number of halogens is 1. The van der Waals surface area contributed by atoms with E-state index in [4.69, 9.17) is 16.3 Å². The lowest BCUT2D eigenvalue weighted by molar-refractivity contribution is -0.385. The second-order valence-electron chi connectivity index (χ2n) is 3.73. The molecule has 0 spiro atoms. The summed E-state index contributed by atoms with van der Waals surface area (Å²) in [6.45, 7) is 0.567. The molecule has 1 fully saturated rings. The molecule has 0 saturated carbocycles. The third-order valence-corrected chi connectivity index (χ3v) is 4.38. The lowest BCUT2D eigenvalue weighted by Gasteiger charge is -2.26. The Hall–Kier alpha value is -1.22. The minimum atomic E-state index is -3.87. The molecule has 0 aromatic heterocycles. The van der Waals surface area contributed by atoms with Crippen LogP contribution in [0.2, 0.25) is 5.02 Å². The monoisotopic (exact) mass is 292 g/mol. The Balaban J connectivity index is 2.35. The summed E-state index contributed by atoms with van der Waals surface area (Å²) in [7, 11) is -3.87. The van der Waals surface area contributed by atoms with Gasteiger partial charge in [0, 0.05) is 12.1 Å². The summed E-state index contributed by atoms with van der Waals surface area (Å²) in [5.41, 5.74) is -0.329. The number of hydrogen-bond acceptors (Lipinski definition) is 5. The predicted octanol–water partition coefficient (Wildman–Crippen LogP) is 0.925. The largest absolute Gasteiger partial charge is 0.378 e. The molecule has 1 aromatic carbocycles. The molecule has 1 aliphatic rings. The highest BCUT2D eigenvalue weighted by Crippen LogP contribution is 2.26. The van der Waals surface area contributed by atoms with Crippen molar-refractivity contribution in [3.05, 3.63) is 33.3 Å². The van der Waals surface area contributed by atoms with Gasteiger partial charge in [0.15, 0.2) is 0 Å². The normalized spacial score (nSPS) is 16.3. The minimum Gasteiger partial charge on any atom is -0.378 e. The first kappa shape index (κ1) is 13.2. The van der Waals surface area contributed by atoms with Crippen LogP contribution in [0.25, 0.3) is 0 Å². The van der Waals surface area contributed by atoms with Gasteiger partial charge in [-0.3, -0.25) is 10.1 Å². The molecule has 0 bridgehead atoms. The van der Waals surface area contributed by atoms with Gasteiger partial charge in [-0.2, -0.15) is 0 Å². The fourth-order valence-corrected chi connectivity index (χ4v) is 3.12. The van der Waals surface area contributed by atoms with E-state index in [0.717, 1.165) is 12.1 Å². The van der Waals surface area contributed by atoms with Crippen LogP contribution in [0.4, 0.5) is 5.69 Å². The predicted molar refractivity (Wildman–Crippen MR) is 63.0 cm³/mol. The van der Waals surface area contributed by atoms with Crippen LogP contribution < -0.4 is 4.72 Å². The van der Waals surface area contributed by atoms with Gasteiger partial charge in [-0.1, -0.05) is 11.6 Å². The summed E-state index contributed by atoms with van der Waals surface area (Å²) in [4.78, 5) is 9.63. The molecule has 98 valence electrons. The zero-order valence-electron chi connectivity index (χ0n) is 9.00. The Morgan fingerprint density at radius 3 is 2.61 bits per heavy atom. The third kappa shape index (κ3) is 2.61. The fourth-order valence-electron chi connectivity index (χ4n) is 1.40. The molecule has 2 rings (SSSR count). The molecule has 1 N–H and O–H groups in total. The van der Waals surface area contributed by atoms with E-state index in [1.807, 2.05) is 0 Å². The Kier molecular flexibility index (Phi) is 3.53. The Bertz CT molecular complexity index is 585. The highest BCUT2D eigenvalue weighted by molar-refractivity contribution is 7.89. The molecule has 0 amide bonds. The number of nitro benzene ring substituents is 1. The number of nitrogens with one attached hydrogen (secondary N) is 1. The topological polar surface area (TPSA) is 98.5 Å². The summed E-state index contributed by atoms with van der Waals surface area (Å²) in [5.74, 6) is 0. The summed E-state index contributed by atoms with van der Waals surface area (Å²) in [6.07, 6.45) is 0. The van der Waals surface area contributed by atoms with Crippen LogP contribution in [0.15, 0.2) is 23.1 Å². The van der Waals surface area contributed by atoms with E-state index >= 15 is 0 Å². The number of ether oxygens (including phenoxy) is 1. The maximum atomic E-state index is 12.0. The van der Waals surface area contributed by atoms with Crippen molar-refractivity contribution in [1.82, 2.24) is 4.72 Å². The van der Waals surface area contributed by atoms with Gasteiger partial charge in [0.2, 0.25) is 10.0 Å². The molecule has 18 heavy (non-hydrogen) atoms. The van der Waals surface area contributed by atoms with Gasteiger partial charge in [-0.25, -0.2) is 13.1 Å². The number of rotatable bonds is 4. The summed E-state index contributed by atoms with van der Waals surface area (Å²) >= 11 is 5.76. The van der Waals surface area contributed by atoms with Gasteiger partial charge in [0.1, 0.15) is 4.90 Å². The van der Waals surface area contributed by atoms with Gasteiger partial charge < -0.3 is 4.74 Å². The number of non-ortho nitro benzene ring substituents is 1. The van der Waals surface area contributed by atoms with Crippen LogP contribution in [0.3, 0.4) is 0 Å². The van der Waals surface area contributed by atoms with Crippen molar-refractivity contribution in [3.63, 3.8) is 0 Å². The molecule has 1 heterocycles. The smallest absolute Gasteiger partial charge is 0.270 e. The Labute approximate surface area is 108 Å². The second kappa shape index (κ2) is 4.81. The van der Waals surface area contributed by atoms with E-state index in [9.17, 15) is 18.5 Å². The number of benzene rings is 1. The van der Waals surface area contributed by atoms with Crippen molar-refractivity contribution in [1.29, 1.82) is 0 Å². The standard InChI is InChI=1S/C9H9ClN2O5S/c10-8-2-1-7(12(13)14)3-9(8)18(15,16)11-6-4-17-5-6/h1-3,6,11H,4-5H2. The number of nitro groups is 1. The molecule has 0 aliphatic carbocycles. The van der Waals surface area contributed by atoms with Crippen molar-refractivity contribution < 1.29 is 18.1 Å². The lowest BCUT2D eigenvalue weighted by atomic mass is 10.3. The fraction of sp³-hybridized carbons (Fsp3) is 0.333. The van der Waals surface area contributed by atoms with E-state index in [1.54, 1.807) is 0 Å². The summed E-state index contributed by atoms with van der Waals surface area (Å²) < 4.78 is 31.1. The van der Waals surface area contributed by atoms with Crippen LogP contribution in [0.5, 0.6) is 0 Å². The SMILES string of the molecule is O=[N+]([O-])c1ccc(Cl)c(S(=O)(=O)NC2COC2)c1. The van der Waals surface area contributed by atoms with E-state index in [0.29, 0.717) is 0 Å². The molecule has 9 heteroatoms. The zero-order chi connectivity index (χ0) is 13.3. The molecule has 1 aromatic rings. The van der Waals surface area contributed by atoms with Gasteiger partial charge in [0.25, 0.3) is 5.69 Å². The quantitative estimate of drug-likeness (QED) is 0.657. The highest BCUT2D eigenvalue weighted by Gasteiger charge is 2.28. The molecular formula is C9H9ClN2O5S. The first-order valence-corrected chi connectivity index (χ1v) is 6.80.